The smallest absolute Gasteiger partial charge is 0.301 e. The molecule has 1 atom stereocenters. The van der Waals surface area contributed by atoms with Gasteiger partial charge in [-0.3, -0.25) is 15.1 Å². The third-order valence-electron chi connectivity index (χ3n) is 3.61. The molecule has 0 amide bonds. The van der Waals surface area contributed by atoms with Gasteiger partial charge >= 0.3 is 5.69 Å². The lowest BCUT2D eigenvalue weighted by Crippen LogP contribution is -2.21. The third-order valence-corrected chi connectivity index (χ3v) is 3.61. The Kier molecular flexibility index (Phi) is 3.23. The predicted octanol–water partition coefficient (Wildman–Crippen LogP) is 2.33. The van der Waals surface area contributed by atoms with Gasteiger partial charge in [0.1, 0.15) is 5.69 Å². The highest BCUT2D eigenvalue weighted by atomic mass is 16.6. The number of aliphatic hydroxyl groups excluding tert-OH is 1. The van der Waals surface area contributed by atoms with Crippen LogP contribution >= 0.6 is 0 Å². The molecule has 1 unspecified atom stereocenters. The van der Waals surface area contributed by atoms with Crippen LogP contribution in [0.2, 0.25) is 0 Å². The first-order valence-electron chi connectivity index (χ1n) is 6.61. The van der Waals surface area contributed by atoms with Gasteiger partial charge in [0.25, 0.3) is 0 Å². The van der Waals surface area contributed by atoms with Gasteiger partial charge in [0, 0.05) is 12.7 Å². The fourth-order valence-corrected chi connectivity index (χ4v) is 2.34. The molecule has 2 aromatic rings. The summed E-state index contributed by atoms with van der Waals surface area (Å²) in [7, 11) is 0. The van der Waals surface area contributed by atoms with Crippen molar-refractivity contribution in [3.05, 3.63) is 40.6 Å². The summed E-state index contributed by atoms with van der Waals surface area (Å²) in [5.41, 5.74) is 1.03. The summed E-state index contributed by atoms with van der Waals surface area (Å²) in [6, 6.07) is 6.75. The van der Waals surface area contributed by atoms with Crippen molar-refractivity contribution >= 4 is 22.3 Å². The van der Waals surface area contributed by atoms with Crippen LogP contribution in [0.4, 0.5) is 11.4 Å². The van der Waals surface area contributed by atoms with E-state index >= 15 is 0 Å². The number of nitro groups is 1. The van der Waals surface area contributed by atoms with Crippen molar-refractivity contribution in [2.45, 2.75) is 18.9 Å². The zero-order valence-electron chi connectivity index (χ0n) is 10.8. The van der Waals surface area contributed by atoms with Gasteiger partial charge in [-0.25, -0.2) is 0 Å². The van der Waals surface area contributed by atoms with Gasteiger partial charge in [-0.1, -0.05) is 0 Å². The van der Waals surface area contributed by atoms with E-state index < -0.39 is 11.0 Å². The maximum atomic E-state index is 11.3. The van der Waals surface area contributed by atoms with Crippen molar-refractivity contribution in [3.8, 4) is 0 Å². The molecule has 104 valence electrons. The number of nitrogens with one attached hydrogen (secondary N) is 1. The molecule has 0 radical (unpaired) electrons. The molecule has 0 bridgehead atoms. The Hall–Kier alpha value is -2.21. The minimum atomic E-state index is -0.445. The van der Waals surface area contributed by atoms with E-state index in [0.717, 1.165) is 12.8 Å². The second-order valence-corrected chi connectivity index (χ2v) is 5.07. The number of rotatable bonds is 5. The van der Waals surface area contributed by atoms with Crippen molar-refractivity contribution in [1.29, 1.82) is 0 Å². The minimum Gasteiger partial charge on any atom is -0.391 e. The number of hydrogen-bond donors (Lipinski definition) is 2. The van der Waals surface area contributed by atoms with Crippen molar-refractivity contribution in [3.63, 3.8) is 0 Å². The molecule has 1 aromatic carbocycles. The first-order chi connectivity index (χ1) is 9.66. The van der Waals surface area contributed by atoms with E-state index in [4.69, 9.17) is 0 Å². The summed E-state index contributed by atoms with van der Waals surface area (Å²) in [6.45, 7) is 0.331. The molecule has 0 aliphatic heterocycles. The Morgan fingerprint density at radius 2 is 2.25 bits per heavy atom. The van der Waals surface area contributed by atoms with Crippen LogP contribution in [0.3, 0.4) is 0 Å². The third kappa shape index (κ3) is 2.42. The molecule has 6 heteroatoms. The topological polar surface area (TPSA) is 88.3 Å². The molecule has 20 heavy (non-hydrogen) atoms. The Morgan fingerprint density at radius 3 is 2.95 bits per heavy atom. The zero-order valence-corrected chi connectivity index (χ0v) is 10.8. The quantitative estimate of drug-likeness (QED) is 0.644. The highest BCUT2D eigenvalue weighted by molar-refractivity contribution is 5.94. The molecule has 1 aliphatic rings. The molecule has 0 spiro atoms. The van der Waals surface area contributed by atoms with Gasteiger partial charge in [-0.15, -0.1) is 0 Å². The minimum absolute atomic E-state index is 0.0126. The van der Waals surface area contributed by atoms with Gasteiger partial charge < -0.3 is 10.4 Å². The Bertz CT molecular complexity index is 655. The standard InChI is InChI=1S/C14H15N3O3/c18-13(9-3-4-9)8-16-12-6-5-11-10(2-1-7-15-11)14(12)17(19)20/h1-2,5-7,9,13,16,18H,3-4,8H2. The van der Waals surface area contributed by atoms with Crippen LogP contribution in [-0.2, 0) is 0 Å². The normalized spacial score (nSPS) is 16.1. The average Bonchev–Trinajstić information content (AvgIpc) is 3.28. The second kappa shape index (κ2) is 5.05. The van der Waals surface area contributed by atoms with E-state index in [1.54, 1.807) is 30.5 Å². The van der Waals surface area contributed by atoms with Gasteiger partial charge in [0.15, 0.2) is 0 Å². The van der Waals surface area contributed by atoms with E-state index in [0.29, 0.717) is 29.1 Å². The second-order valence-electron chi connectivity index (χ2n) is 5.07. The number of aliphatic hydroxyl groups is 1. The van der Waals surface area contributed by atoms with E-state index in [-0.39, 0.29) is 5.69 Å². The fourth-order valence-electron chi connectivity index (χ4n) is 2.34. The van der Waals surface area contributed by atoms with E-state index in [9.17, 15) is 15.2 Å². The SMILES string of the molecule is O=[N+]([O-])c1c(NCC(O)C2CC2)ccc2ncccc12. The molecule has 2 N–H and O–H groups in total. The molecule has 1 saturated carbocycles. The number of hydrogen-bond acceptors (Lipinski definition) is 5. The van der Waals surface area contributed by atoms with Crippen LogP contribution in [-0.4, -0.2) is 27.7 Å². The lowest BCUT2D eigenvalue weighted by molar-refractivity contribution is -0.382. The summed E-state index contributed by atoms with van der Waals surface area (Å²) in [5.74, 6) is 0.337. The van der Waals surface area contributed by atoms with Crippen LogP contribution < -0.4 is 5.32 Å². The predicted molar refractivity (Wildman–Crippen MR) is 75.6 cm³/mol. The lowest BCUT2D eigenvalue weighted by atomic mass is 10.1. The number of anilines is 1. The molecular weight excluding hydrogens is 258 g/mol. The summed E-state index contributed by atoms with van der Waals surface area (Å²) >= 11 is 0. The first-order valence-corrected chi connectivity index (χ1v) is 6.61. The fraction of sp³-hybridized carbons (Fsp3) is 0.357. The number of nitrogens with zero attached hydrogens (tertiary/aromatic N) is 2. The zero-order chi connectivity index (χ0) is 14.1. The summed E-state index contributed by atoms with van der Waals surface area (Å²) < 4.78 is 0. The van der Waals surface area contributed by atoms with Crippen LogP contribution in [0.1, 0.15) is 12.8 Å². The van der Waals surface area contributed by atoms with Crippen molar-refractivity contribution in [1.82, 2.24) is 4.98 Å². The van der Waals surface area contributed by atoms with Gasteiger partial charge in [0.2, 0.25) is 0 Å². The van der Waals surface area contributed by atoms with Gasteiger partial charge in [0.05, 0.1) is 21.9 Å². The number of benzene rings is 1. The molecule has 1 aliphatic carbocycles. The summed E-state index contributed by atoms with van der Waals surface area (Å²) in [4.78, 5) is 15.0. The van der Waals surface area contributed by atoms with Crippen molar-refractivity contribution < 1.29 is 10.0 Å². The van der Waals surface area contributed by atoms with E-state index in [2.05, 4.69) is 10.3 Å². The molecule has 1 fully saturated rings. The first kappa shape index (κ1) is 12.8. The highest BCUT2D eigenvalue weighted by Gasteiger charge is 2.30. The summed E-state index contributed by atoms with van der Waals surface area (Å²) in [5, 5.41) is 24.6. The van der Waals surface area contributed by atoms with Crippen LogP contribution in [0.25, 0.3) is 10.9 Å². The molecule has 3 rings (SSSR count). The molecule has 1 heterocycles. The molecule has 6 nitrogen and oxygen atoms in total. The van der Waals surface area contributed by atoms with Gasteiger partial charge in [-0.05, 0) is 43.0 Å². The number of pyridine rings is 1. The number of nitro benzene ring substituents is 1. The number of fused-ring (bicyclic) bond motifs is 1. The summed E-state index contributed by atoms with van der Waals surface area (Å²) in [6.07, 6.45) is 3.23. The number of aromatic nitrogens is 1. The largest absolute Gasteiger partial charge is 0.391 e. The van der Waals surface area contributed by atoms with Crippen LogP contribution in [0.15, 0.2) is 30.5 Å². The van der Waals surface area contributed by atoms with E-state index in [1.807, 2.05) is 0 Å². The Morgan fingerprint density at radius 1 is 1.45 bits per heavy atom. The molecule has 1 aromatic heterocycles. The van der Waals surface area contributed by atoms with Crippen LogP contribution in [0.5, 0.6) is 0 Å². The van der Waals surface area contributed by atoms with Crippen LogP contribution in [0, 0.1) is 16.0 Å². The lowest BCUT2D eigenvalue weighted by Gasteiger charge is -2.12. The van der Waals surface area contributed by atoms with E-state index in [1.165, 1.54) is 0 Å². The maximum absolute atomic E-state index is 11.3. The molecular formula is C14H15N3O3. The van der Waals surface area contributed by atoms with Crippen molar-refractivity contribution in [2.75, 3.05) is 11.9 Å². The Balaban J connectivity index is 1.92. The average molecular weight is 273 g/mol. The van der Waals surface area contributed by atoms with Gasteiger partial charge in [-0.2, -0.15) is 0 Å². The Labute approximate surface area is 115 Å². The van der Waals surface area contributed by atoms with Crippen molar-refractivity contribution in [2.24, 2.45) is 5.92 Å². The maximum Gasteiger partial charge on any atom is 0.301 e. The highest BCUT2D eigenvalue weighted by Crippen LogP contribution is 2.35. The molecule has 0 saturated heterocycles. The monoisotopic (exact) mass is 273 g/mol.